The van der Waals surface area contributed by atoms with Crippen LogP contribution in [0.1, 0.15) is 0 Å². The van der Waals surface area contributed by atoms with Crippen LogP contribution in [0, 0.1) is 0 Å². The van der Waals surface area contributed by atoms with Gasteiger partial charge in [0.05, 0.1) is 0 Å². The van der Waals surface area contributed by atoms with Crippen molar-refractivity contribution in [3.05, 3.63) is 57.0 Å². The van der Waals surface area contributed by atoms with Gasteiger partial charge in [-0.3, -0.25) is 0 Å². The molecule has 7 rings (SSSR count). The number of hydrogen-bond acceptors (Lipinski definition) is 4. The molecule has 0 aliphatic rings. The van der Waals surface area contributed by atoms with Gasteiger partial charge in [0, 0.05) is 39.2 Å². The van der Waals surface area contributed by atoms with Crippen LogP contribution in [-0.4, -0.2) is 6.00 Å². The number of hydrogen-bond donors (Lipinski definition) is 4. The van der Waals surface area contributed by atoms with Crippen molar-refractivity contribution in [2.24, 2.45) is 0 Å². The molecule has 0 saturated heterocycles. The molecule has 12 heteroatoms. The topological polar surface area (TPSA) is 0 Å². The van der Waals surface area contributed by atoms with Gasteiger partial charge in [-0.1, -0.05) is 12.1 Å². The van der Waals surface area contributed by atoms with Crippen molar-refractivity contribution in [3.63, 3.8) is 0 Å². The Balaban J connectivity index is 2.17. The highest BCUT2D eigenvalue weighted by Crippen LogP contribution is 2.54. The second-order valence-corrected chi connectivity index (χ2v) is 22.0. The van der Waals surface area contributed by atoms with E-state index in [-0.39, 0.29) is 0 Å². The third kappa shape index (κ3) is 3.61. The summed E-state index contributed by atoms with van der Waals surface area (Å²) in [6.45, 7) is 0. The van der Waals surface area contributed by atoms with E-state index >= 15 is 0 Å². The van der Waals surface area contributed by atoms with Gasteiger partial charge >= 0.3 is 6.00 Å². The zero-order chi connectivity index (χ0) is 28.6. The van der Waals surface area contributed by atoms with E-state index in [9.17, 15) is 0 Å². The molecule has 7 aromatic rings. The summed E-state index contributed by atoms with van der Waals surface area (Å²) in [5, 5.41) is 24.1. The van der Waals surface area contributed by atoms with Crippen LogP contribution in [-0.2, 0) is 0 Å². The summed E-state index contributed by atoms with van der Waals surface area (Å²) >= 11 is 55.3. The van der Waals surface area contributed by atoms with Crippen LogP contribution in [0.25, 0.3) is 86.3 Å². The van der Waals surface area contributed by atoms with Gasteiger partial charge in [0.15, 0.2) is 0 Å². The Morgan fingerprint density at radius 1 is 0.525 bits per heavy atom. The molecule has 0 bridgehead atoms. The van der Waals surface area contributed by atoms with Crippen LogP contribution >= 0.6 is 147 Å². The van der Waals surface area contributed by atoms with Crippen LogP contribution in [0.5, 0.6) is 0 Å². The summed E-state index contributed by atoms with van der Waals surface area (Å²) in [7, 11) is 0. The van der Waals surface area contributed by atoms with Gasteiger partial charge < -0.3 is 0 Å². The highest BCUT2D eigenvalue weighted by Gasteiger charge is 2.37. The quantitative estimate of drug-likeness (QED) is 0.0408. The van der Waals surface area contributed by atoms with E-state index < -0.39 is 6.00 Å². The lowest BCUT2D eigenvalue weighted by Crippen LogP contribution is -2.46. The third-order valence-corrected chi connectivity index (χ3v) is 15.9. The fourth-order valence-corrected chi connectivity index (χ4v) is 13.2. The molecule has 40 heavy (non-hydrogen) atoms. The SMILES string of the molecule is SC=c1cc2ccc3c(Br)c(Br)c4c(Br)c(Br)c5c([Si](Cl)(Cl)Cl)c(=CS)c6c(=CS)c(=CS)c1c1c2c3c4c5c61. The first-order chi connectivity index (χ1) is 19.0. The van der Waals surface area contributed by atoms with Gasteiger partial charge in [-0.05, 0) is 161 Å². The zero-order valence-corrected chi connectivity index (χ0v) is 32.7. The van der Waals surface area contributed by atoms with E-state index in [4.69, 9.17) is 71.1 Å². The largest absolute Gasteiger partial charge is 0.374 e. The average molecular weight is 930 g/mol. The van der Waals surface area contributed by atoms with Crippen molar-refractivity contribution < 1.29 is 0 Å². The summed E-state index contributed by atoms with van der Waals surface area (Å²) in [5.74, 6) is 0. The Morgan fingerprint density at radius 3 is 1.65 bits per heavy atom. The molecule has 0 aliphatic heterocycles. The minimum atomic E-state index is -3.53. The molecule has 200 valence electrons. The summed E-state index contributed by atoms with van der Waals surface area (Å²) in [5.41, 5.74) is 0. The predicted octanol–water partition coefficient (Wildman–Crippen LogP) is 9.50. The Bertz CT molecular complexity index is 2510. The fraction of sp³-hybridized carbons (Fsp3) is 0. The molecule has 0 fully saturated rings. The first kappa shape index (κ1) is 29.5. The normalized spacial score (nSPS) is 15.5. The van der Waals surface area contributed by atoms with Crippen molar-refractivity contribution in [1.82, 2.24) is 0 Å². The summed E-state index contributed by atoms with van der Waals surface area (Å²) in [4.78, 5) is 0. The Morgan fingerprint density at radius 2 is 1.05 bits per heavy atom. The van der Waals surface area contributed by atoms with Crippen molar-refractivity contribution in [3.8, 4) is 0 Å². The molecule has 0 aromatic heterocycles. The van der Waals surface area contributed by atoms with Gasteiger partial charge in [-0.2, -0.15) is 50.5 Å². The first-order valence-electron chi connectivity index (χ1n) is 11.5. The zero-order valence-electron chi connectivity index (χ0n) is 19.5. The second kappa shape index (κ2) is 10.1. The molecule has 0 N–H and O–H groups in total. The van der Waals surface area contributed by atoms with E-state index in [2.05, 4.69) is 94.5 Å². The van der Waals surface area contributed by atoms with E-state index in [1.807, 2.05) is 10.8 Å². The summed E-state index contributed by atoms with van der Waals surface area (Å²) < 4.78 is 3.60. The van der Waals surface area contributed by atoms with Gasteiger partial charge in [0.1, 0.15) is 0 Å². The average Bonchev–Trinajstić information content (AvgIpc) is 2.93. The molecule has 0 amide bonds. The van der Waals surface area contributed by atoms with Crippen molar-refractivity contribution >= 4 is 245 Å². The van der Waals surface area contributed by atoms with Gasteiger partial charge in [0.25, 0.3) is 0 Å². The van der Waals surface area contributed by atoms with Gasteiger partial charge in [-0.25, -0.2) is 0 Å². The lowest BCUT2D eigenvalue weighted by atomic mass is 9.81. The van der Waals surface area contributed by atoms with Crippen LogP contribution in [0.3, 0.4) is 0 Å². The molecule has 0 heterocycles. The van der Waals surface area contributed by atoms with Crippen LogP contribution in [0.2, 0.25) is 0 Å². The van der Waals surface area contributed by atoms with Gasteiger partial charge in [0.2, 0.25) is 0 Å². The number of thiol groups is 4. The Hall–Kier alpha value is 0.767. The highest BCUT2D eigenvalue weighted by molar-refractivity contribution is 9.14. The van der Waals surface area contributed by atoms with Gasteiger partial charge in [-0.15, -0.1) is 33.2 Å². The maximum Gasteiger partial charge on any atom is 0.374 e. The molecule has 0 spiro atoms. The number of halogens is 7. The fourth-order valence-electron chi connectivity index (χ4n) is 6.47. The Labute approximate surface area is 298 Å². The number of benzene rings is 7. The van der Waals surface area contributed by atoms with E-state index in [0.29, 0.717) is 5.19 Å². The summed E-state index contributed by atoms with van der Waals surface area (Å²) in [6, 6.07) is 2.99. The minimum Gasteiger partial charge on any atom is -0.151 e. The molecule has 0 atom stereocenters. The van der Waals surface area contributed by atoms with Crippen LogP contribution in [0.4, 0.5) is 0 Å². The molecule has 7 aromatic carbocycles. The first-order valence-corrected chi connectivity index (χ1v) is 21.8. The smallest absolute Gasteiger partial charge is 0.151 e. The molecule has 0 unspecified atom stereocenters. The van der Waals surface area contributed by atoms with Crippen molar-refractivity contribution in [2.75, 3.05) is 0 Å². The minimum absolute atomic E-state index is 0.671. The predicted molar refractivity (Wildman–Crippen MR) is 211 cm³/mol. The standard InChI is InChI=1S/C28H11Br4Cl3S4Si/c29-24-10-2-1-8-3-9(4-36)14-11(5-37)12(6-38)16-13(7-39)28(40(33,34)35)23-21-19(16)18(14)15(8)17(10)20(21)22(25(24)30)26(31)27(23)32/h1-7,36-39H. The molecule has 0 nitrogen and oxygen atoms in total. The van der Waals surface area contributed by atoms with E-state index in [0.717, 1.165) is 103 Å². The molecular formula is C28H11Br4Cl3S4Si. The van der Waals surface area contributed by atoms with E-state index in [1.165, 1.54) is 0 Å². The maximum atomic E-state index is 6.95. The van der Waals surface area contributed by atoms with Crippen molar-refractivity contribution in [1.29, 1.82) is 0 Å². The lowest BCUT2D eigenvalue weighted by molar-refractivity contribution is 1.63. The molecule has 0 radical (unpaired) electrons. The highest BCUT2D eigenvalue weighted by atomic mass is 79.9. The third-order valence-electron chi connectivity index (χ3n) is 7.79. The van der Waals surface area contributed by atoms with Crippen LogP contribution < -0.4 is 26.1 Å². The maximum absolute atomic E-state index is 6.95. The van der Waals surface area contributed by atoms with E-state index in [1.54, 1.807) is 10.8 Å². The molecule has 0 saturated carbocycles. The molecule has 0 aliphatic carbocycles. The molecular weight excluding hydrogens is 919 g/mol. The summed E-state index contributed by atoms with van der Waals surface area (Å²) in [6.07, 6.45) is 0. The lowest BCUT2D eigenvalue weighted by Gasteiger charge is -2.27. The van der Waals surface area contributed by atoms with Crippen LogP contribution in [0.15, 0.2) is 36.1 Å². The Kier molecular flexibility index (Phi) is 7.47. The number of rotatable bonds is 1. The monoisotopic (exact) mass is 924 g/mol. The second-order valence-electron chi connectivity index (χ2n) is 9.44. The van der Waals surface area contributed by atoms with Crippen molar-refractivity contribution in [2.45, 2.75) is 0 Å².